The van der Waals surface area contributed by atoms with Crippen molar-refractivity contribution in [1.29, 1.82) is 0 Å². The molecule has 0 aliphatic heterocycles. The number of halogens is 2. The first kappa shape index (κ1) is 13.7. The number of carbonyl (C=O) groups is 1. The summed E-state index contributed by atoms with van der Waals surface area (Å²) < 4.78 is 6.55. The van der Waals surface area contributed by atoms with Crippen molar-refractivity contribution in [2.75, 3.05) is 12.4 Å². The molecule has 0 fully saturated rings. The van der Waals surface area contributed by atoms with Crippen molar-refractivity contribution in [3.05, 3.63) is 40.6 Å². The number of anilines is 1. The molecule has 0 radical (unpaired) electrons. The molecule has 0 aliphatic carbocycles. The van der Waals surface area contributed by atoms with E-state index in [0.717, 1.165) is 0 Å². The number of methoxy groups -OCH3 is 1. The molecule has 0 spiro atoms. The van der Waals surface area contributed by atoms with Crippen LogP contribution in [0.5, 0.6) is 5.75 Å². The lowest BCUT2D eigenvalue weighted by Gasteiger charge is -2.10. The van der Waals surface area contributed by atoms with Gasteiger partial charge in [-0.05, 0) is 18.2 Å². The summed E-state index contributed by atoms with van der Waals surface area (Å²) in [6.45, 7) is 0.119. The van der Waals surface area contributed by atoms with Crippen LogP contribution in [-0.2, 0) is 11.3 Å². The van der Waals surface area contributed by atoms with E-state index in [1.165, 1.54) is 11.8 Å². The van der Waals surface area contributed by atoms with Gasteiger partial charge in [-0.1, -0.05) is 23.2 Å². The second-order valence-corrected chi connectivity index (χ2v) is 4.54. The minimum Gasteiger partial charge on any atom is -0.494 e. The van der Waals surface area contributed by atoms with Gasteiger partial charge in [-0.25, -0.2) is 0 Å². The van der Waals surface area contributed by atoms with Crippen molar-refractivity contribution >= 4 is 34.8 Å². The third-order valence-electron chi connectivity index (χ3n) is 2.35. The minimum absolute atomic E-state index is 0.119. The van der Waals surface area contributed by atoms with Gasteiger partial charge in [0.2, 0.25) is 5.91 Å². The Labute approximate surface area is 120 Å². The van der Waals surface area contributed by atoms with Gasteiger partial charge in [0.05, 0.1) is 17.2 Å². The molecule has 0 atom stereocenters. The van der Waals surface area contributed by atoms with E-state index in [9.17, 15) is 4.79 Å². The maximum absolute atomic E-state index is 11.8. The molecule has 1 N–H and O–H groups in total. The van der Waals surface area contributed by atoms with Gasteiger partial charge in [0, 0.05) is 18.1 Å². The highest BCUT2D eigenvalue weighted by Gasteiger charge is 2.10. The first-order valence-electron chi connectivity index (χ1n) is 5.40. The third kappa shape index (κ3) is 3.39. The van der Waals surface area contributed by atoms with Crippen LogP contribution >= 0.6 is 23.2 Å². The van der Waals surface area contributed by atoms with E-state index >= 15 is 0 Å². The fourth-order valence-corrected chi connectivity index (χ4v) is 2.21. The molecule has 0 saturated carbocycles. The fraction of sp³-hybridized carbons (Fsp3) is 0.167. The van der Waals surface area contributed by atoms with Gasteiger partial charge in [0.25, 0.3) is 0 Å². The van der Waals surface area contributed by atoms with E-state index in [2.05, 4.69) is 10.4 Å². The quantitative estimate of drug-likeness (QED) is 0.944. The summed E-state index contributed by atoms with van der Waals surface area (Å²) in [4.78, 5) is 11.8. The molecule has 2 aromatic rings. The Morgan fingerprint density at radius 3 is 2.63 bits per heavy atom. The van der Waals surface area contributed by atoms with Crippen LogP contribution in [0.15, 0.2) is 30.6 Å². The highest BCUT2D eigenvalue weighted by Crippen LogP contribution is 2.35. The molecule has 7 heteroatoms. The molecule has 0 saturated heterocycles. The van der Waals surface area contributed by atoms with Crippen LogP contribution in [-0.4, -0.2) is 22.8 Å². The highest BCUT2D eigenvalue weighted by molar-refractivity contribution is 6.37. The summed E-state index contributed by atoms with van der Waals surface area (Å²) in [5.74, 6) is 0.161. The zero-order valence-electron chi connectivity index (χ0n) is 10.1. The van der Waals surface area contributed by atoms with E-state index in [0.29, 0.717) is 21.5 Å². The Hall–Kier alpha value is -1.72. The summed E-state index contributed by atoms with van der Waals surface area (Å²) in [7, 11) is 1.48. The number of benzene rings is 1. The largest absolute Gasteiger partial charge is 0.494 e. The maximum Gasteiger partial charge on any atom is 0.246 e. The van der Waals surface area contributed by atoms with Crippen LogP contribution in [0.25, 0.3) is 0 Å². The monoisotopic (exact) mass is 299 g/mol. The summed E-state index contributed by atoms with van der Waals surface area (Å²) in [5, 5.41) is 7.31. The Morgan fingerprint density at radius 2 is 2.11 bits per heavy atom. The van der Waals surface area contributed by atoms with E-state index in [1.54, 1.807) is 30.6 Å². The van der Waals surface area contributed by atoms with E-state index in [-0.39, 0.29) is 12.5 Å². The predicted octanol–water partition coefficient (Wildman–Crippen LogP) is 2.84. The Morgan fingerprint density at radius 1 is 1.42 bits per heavy atom. The Kier molecular flexibility index (Phi) is 4.29. The second kappa shape index (κ2) is 5.95. The molecule has 19 heavy (non-hydrogen) atoms. The normalized spacial score (nSPS) is 10.3. The average molecular weight is 300 g/mol. The molecule has 100 valence electrons. The number of hydrogen-bond donors (Lipinski definition) is 1. The number of hydrogen-bond acceptors (Lipinski definition) is 3. The zero-order valence-corrected chi connectivity index (χ0v) is 11.6. The van der Waals surface area contributed by atoms with Crippen LogP contribution in [0.3, 0.4) is 0 Å². The van der Waals surface area contributed by atoms with Crippen LogP contribution in [0.2, 0.25) is 10.0 Å². The van der Waals surface area contributed by atoms with E-state index in [1.807, 2.05) is 0 Å². The maximum atomic E-state index is 11.8. The molecule has 0 unspecified atom stereocenters. The lowest BCUT2D eigenvalue weighted by Crippen LogP contribution is -2.19. The highest BCUT2D eigenvalue weighted by atomic mass is 35.5. The van der Waals surface area contributed by atoms with Crippen LogP contribution < -0.4 is 10.1 Å². The molecule has 0 aliphatic rings. The van der Waals surface area contributed by atoms with Crippen LogP contribution in [0.1, 0.15) is 0 Å². The zero-order chi connectivity index (χ0) is 13.8. The molecule has 2 rings (SSSR count). The van der Waals surface area contributed by atoms with Crippen molar-refractivity contribution in [1.82, 2.24) is 9.78 Å². The molecule has 1 aromatic carbocycles. The van der Waals surface area contributed by atoms with Gasteiger partial charge in [0.1, 0.15) is 6.54 Å². The molecular weight excluding hydrogens is 289 g/mol. The Bertz CT molecular complexity index is 562. The van der Waals surface area contributed by atoms with Gasteiger partial charge in [-0.3, -0.25) is 9.48 Å². The van der Waals surface area contributed by atoms with Gasteiger partial charge in [0.15, 0.2) is 5.75 Å². The predicted molar refractivity (Wildman–Crippen MR) is 73.9 cm³/mol. The van der Waals surface area contributed by atoms with Crippen molar-refractivity contribution < 1.29 is 9.53 Å². The lowest BCUT2D eigenvalue weighted by atomic mass is 10.3. The molecule has 1 amide bonds. The number of nitrogens with one attached hydrogen (secondary N) is 1. The van der Waals surface area contributed by atoms with Crippen LogP contribution in [0, 0.1) is 0 Å². The molecule has 1 aromatic heterocycles. The van der Waals surface area contributed by atoms with Crippen molar-refractivity contribution in [3.63, 3.8) is 0 Å². The molecular formula is C12H11Cl2N3O2. The summed E-state index contributed by atoms with van der Waals surface area (Å²) in [5.41, 5.74) is 0.507. The second-order valence-electron chi connectivity index (χ2n) is 3.72. The number of amides is 1. The molecule has 1 heterocycles. The molecule has 5 nitrogen and oxygen atoms in total. The van der Waals surface area contributed by atoms with Crippen molar-refractivity contribution in [3.8, 4) is 5.75 Å². The minimum atomic E-state index is -0.221. The number of ether oxygens (including phenoxy) is 1. The SMILES string of the molecule is COc1c(Cl)cc(NC(=O)Cn2cccn2)cc1Cl. The van der Waals surface area contributed by atoms with Crippen molar-refractivity contribution in [2.45, 2.75) is 6.54 Å². The number of nitrogens with zero attached hydrogens (tertiary/aromatic N) is 2. The summed E-state index contributed by atoms with van der Waals surface area (Å²) in [6.07, 6.45) is 3.31. The first-order chi connectivity index (χ1) is 9.10. The number of aromatic nitrogens is 2. The van der Waals surface area contributed by atoms with E-state index in [4.69, 9.17) is 27.9 Å². The van der Waals surface area contributed by atoms with Crippen LogP contribution in [0.4, 0.5) is 5.69 Å². The first-order valence-corrected chi connectivity index (χ1v) is 6.16. The lowest BCUT2D eigenvalue weighted by molar-refractivity contribution is -0.116. The smallest absolute Gasteiger partial charge is 0.246 e. The number of rotatable bonds is 4. The fourth-order valence-electron chi connectivity index (χ4n) is 1.57. The van der Waals surface area contributed by atoms with Gasteiger partial charge in [-0.15, -0.1) is 0 Å². The topological polar surface area (TPSA) is 56.1 Å². The molecule has 0 bridgehead atoms. The Balaban J connectivity index is 2.09. The summed E-state index contributed by atoms with van der Waals surface area (Å²) >= 11 is 12.0. The number of carbonyl (C=O) groups excluding carboxylic acids is 1. The third-order valence-corrected chi connectivity index (χ3v) is 2.91. The van der Waals surface area contributed by atoms with Gasteiger partial charge in [-0.2, -0.15) is 5.10 Å². The average Bonchev–Trinajstić information content (AvgIpc) is 2.81. The summed E-state index contributed by atoms with van der Waals surface area (Å²) in [6, 6.07) is 4.90. The van der Waals surface area contributed by atoms with Gasteiger partial charge >= 0.3 is 0 Å². The van der Waals surface area contributed by atoms with Crippen molar-refractivity contribution in [2.24, 2.45) is 0 Å². The van der Waals surface area contributed by atoms with E-state index < -0.39 is 0 Å². The van der Waals surface area contributed by atoms with Gasteiger partial charge < -0.3 is 10.1 Å². The standard InChI is InChI=1S/C12H11Cl2N3O2/c1-19-12-9(13)5-8(6-10(12)14)16-11(18)7-17-4-2-3-15-17/h2-6H,7H2,1H3,(H,16,18).